The Hall–Kier alpha value is -1.95. The van der Waals surface area contributed by atoms with Gasteiger partial charge in [0.1, 0.15) is 0 Å². The van der Waals surface area contributed by atoms with Gasteiger partial charge in [0.15, 0.2) is 29.1 Å². The molecule has 106 valence electrons. The highest BCUT2D eigenvalue weighted by atomic mass is 19.2. The predicted molar refractivity (Wildman–Crippen MR) is 63.2 cm³/mol. The van der Waals surface area contributed by atoms with Crippen molar-refractivity contribution in [1.29, 1.82) is 0 Å². The molecule has 1 N–H and O–H groups in total. The van der Waals surface area contributed by atoms with Gasteiger partial charge in [-0.05, 0) is 35.4 Å². The number of hydrogen-bond acceptors (Lipinski definition) is 1. The van der Waals surface area contributed by atoms with Crippen molar-refractivity contribution in [2.75, 3.05) is 0 Å². The highest BCUT2D eigenvalue weighted by Gasteiger charge is 2.10. The summed E-state index contributed by atoms with van der Waals surface area (Å²) < 4.78 is 64.3. The number of benzene rings is 2. The summed E-state index contributed by atoms with van der Waals surface area (Å²) in [6.07, 6.45) is 0. The minimum atomic E-state index is -1.52. The van der Waals surface area contributed by atoms with Gasteiger partial charge in [-0.1, -0.05) is 6.07 Å². The molecule has 2 aromatic carbocycles. The average Bonchev–Trinajstić information content (AvgIpc) is 2.40. The third kappa shape index (κ3) is 3.33. The maximum atomic E-state index is 13.0. The maximum Gasteiger partial charge on any atom is 0.194 e. The maximum absolute atomic E-state index is 13.0. The molecule has 20 heavy (non-hydrogen) atoms. The first-order chi connectivity index (χ1) is 9.47. The van der Waals surface area contributed by atoms with Gasteiger partial charge in [-0.25, -0.2) is 22.0 Å². The summed E-state index contributed by atoms with van der Waals surface area (Å²) >= 11 is 0. The van der Waals surface area contributed by atoms with Crippen LogP contribution in [0.2, 0.25) is 0 Å². The van der Waals surface area contributed by atoms with E-state index in [1.54, 1.807) is 0 Å². The Bertz CT molecular complexity index is 604. The first-order valence-electron chi connectivity index (χ1n) is 5.75. The molecular weight excluding hydrogens is 277 g/mol. The molecule has 0 saturated carbocycles. The topological polar surface area (TPSA) is 12.0 Å². The summed E-state index contributed by atoms with van der Waals surface area (Å²) in [6, 6.07) is 5.14. The molecule has 0 unspecified atom stereocenters. The zero-order chi connectivity index (χ0) is 14.7. The van der Waals surface area contributed by atoms with E-state index in [2.05, 4.69) is 5.32 Å². The van der Waals surface area contributed by atoms with E-state index in [-0.39, 0.29) is 18.7 Å². The van der Waals surface area contributed by atoms with Gasteiger partial charge in [0.2, 0.25) is 0 Å². The normalized spacial score (nSPS) is 10.8. The fraction of sp³-hybridized carbons (Fsp3) is 0.143. The minimum Gasteiger partial charge on any atom is -0.309 e. The zero-order valence-corrected chi connectivity index (χ0v) is 10.2. The molecule has 0 aliphatic rings. The van der Waals surface area contributed by atoms with Gasteiger partial charge in [-0.3, -0.25) is 0 Å². The van der Waals surface area contributed by atoms with Crippen LogP contribution in [0.5, 0.6) is 0 Å². The molecule has 1 nitrogen and oxygen atoms in total. The van der Waals surface area contributed by atoms with E-state index in [0.29, 0.717) is 5.56 Å². The van der Waals surface area contributed by atoms with Gasteiger partial charge < -0.3 is 5.32 Å². The first-order valence-corrected chi connectivity index (χ1v) is 5.75. The second-order valence-corrected chi connectivity index (χ2v) is 4.23. The van der Waals surface area contributed by atoms with Gasteiger partial charge in [0.05, 0.1) is 0 Å². The monoisotopic (exact) mass is 287 g/mol. The average molecular weight is 287 g/mol. The Balaban J connectivity index is 1.97. The molecule has 0 aliphatic carbocycles. The lowest BCUT2D eigenvalue weighted by molar-refractivity contribution is 0.444. The summed E-state index contributed by atoms with van der Waals surface area (Å²) in [5, 5.41) is 2.79. The molecule has 0 heterocycles. The van der Waals surface area contributed by atoms with Gasteiger partial charge in [-0.15, -0.1) is 0 Å². The van der Waals surface area contributed by atoms with Crippen LogP contribution in [0, 0.1) is 29.1 Å². The molecule has 6 heteroatoms. The zero-order valence-electron chi connectivity index (χ0n) is 10.2. The molecule has 2 aromatic rings. The van der Waals surface area contributed by atoms with Gasteiger partial charge in [0, 0.05) is 13.1 Å². The highest BCUT2D eigenvalue weighted by Crippen LogP contribution is 2.14. The van der Waals surface area contributed by atoms with Crippen molar-refractivity contribution in [2.24, 2.45) is 0 Å². The van der Waals surface area contributed by atoms with Crippen molar-refractivity contribution in [3.8, 4) is 0 Å². The summed E-state index contributed by atoms with van der Waals surface area (Å²) in [4.78, 5) is 0. The van der Waals surface area contributed by atoms with Crippen LogP contribution in [0.15, 0.2) is 30.3 Å². The number of rotatable bonds is 4. The minimum absolute atomic E-state index is 0.0626. The lowest BCUT2D eigenvalue weighted by Crippen LogP contribution is -2.13. The second-order valence-electron chi connectivity index (χ2n) is 4.23. The van der Waals surface area contributed by atoms with Crippen molar-refractivity contribution in [3.63, 3.8) is 0 Å². The fourth-order valence-corrected chi connectivity index (χ4v) is 1.71. The van der Waals surface area contributed by atoms with Gasteiger partial charge in [0.25, 0.3) is 0 Å². The van der Waals surface area contributed by atoms with Crippen LogP contribution in [0.1, 0.15) is 11.1 Å². The van der Waals surface area contributed by atoms with Crippen LogP contribution in [-0.4, -0.2) is 0 Å². The molecule has 0 fully saturated rings. The van der Waals surface area contributed by atoms with E-state index in [1.807, 2.05) is 0 Å². The molecule has 0 saturated heterocycles. The quantitative estimate of drug-likeness (QED) is 0.668. The van der Waals surface area contributed by atoms with Gasteiger partial charge in [-0.2, -0.15) is 0 Å². The van der Waals surface area contributed by atoms with Crippen molar-refractivity contribution in [1.82, 2.24) is 5.32 Å². The van der Waals surface area contributed by atoms with Crippen LogP contribution < -0.4 is 5.32 Å². The van der Waals surface area contributed by atoms with Crippen molar-refractivity contribution in [2.45, 2.75) is 13.1 Å². The molecule has 0 bridgehead atoms. The Morgan fingerprint density at radius 2 is 1.20 bits per heavy atom. The Morgan fingerprint density at radius 1 is 0.650 bits per heavy atom. The van der Waals surface area contributed by atoms with Crippen LogP contribution in [-0.2, 0) is 13.1 Å². The van der Waals surface area contributed by atoms with Crippen LogP contribution in [0.25, 0.3) is 0 Å². The standard InChI is InChI=1S/C14H10F5N/c15-10-2-1-8(3-11(10)16)6-20-7-9-4-12(17)14(19)13(18)5-9/h1-5,20H,6-7H2. The first kappa shape index (κ1) is 14.5. The molecule has 0 amide bonds. The van der Waals surface area contributed by atoms with E-state index in [4.69, 9.17) is 0 Å². The Kier molecular flexibility index (Phi) is 4.34. The van der Waals surface area contributed by atoms with Crippen molar-refractivity contribution < 1.29 is 22.0 Å². The Labute approximate surface area is 112 Å². The molecule has 0 spiro atoms. The highest BCUT2D eigenvalue weighted by molar-refractivity contribution is 5.20. The van der Waals surface area contributed by atoms with E-state index < -0.39 is 29.1 Å². The second kappa shape index (κ2) is 6.00. The summed E-state index contributed by atoms with van der Waals surface area (Å²) in [5.74, 6) is -5.97. The molecule has 0 aromatic heterocycles. The summed E-state index contributed by atoms with van der Waals surface area (Å²) in [5.41, 5.74) is 0.691. The van der Waals surface area contributed by atoms with Crippen LogP contribution in [0.4, 0.5) is 22.0 Å². The number of halogens is 5. The number of hydrogen-bond donors (Lipinski definition) is 1. The Morgan fingerprint density at radius 3 is 1.80 bits per heavy atom. The van der Waals surface area contributed by atoms with E-state index in [9.17, 15) is 22.0 Å². The third-order valence-electron chi connectivity index (χ3n) is 2.69. The van der Waals surface area contributed by atoms with E-state index in [0.717, 1.165) is 24.3 Å². The summed E-state index contributed by atoms with van der Waals surface area (Å²) in [6.45, 7) is 0.241. The molecule has 0 atom stereocenters. The number of nitrogens with one attached hydrogen (secondary N) is 1. The fourth-order valence-electron chi connectivity index (χ4n) is 1.71. The SMILES string of the molecule is Fc1ccc(CNCc2cc(F)c(F)c(F)c2)cc1F. The molecule has 2 rings (SSSR count). The molecule has 0 radical (unpaired) electrons. The predicted octanol–water partition coefficient (Wildman–Crippen LogP) is 3.67. The lowest BCUT2D eigenvalue weighted by atomic mass is 10.2. The van der Waals surface area contributed by atoms with E-state index in [1.165, 1.54) is 6.07 Å². The van der Waals surface area contributed by atoms with E-state index >= 15 is 0 Å². The van der Waals surface area contributed by atoms with Crippen molar-refractivity contribution in [3.05, 3.63) is 70.5 Å². The third-order valence-corrected chi connectivity index (χ3v) is 2.69. The van der Waals surface area contributed by atoms with Crippen molar-refractivity contribution >= 4 is 0 Å². The smallest absolute Gasteiger partial charge is 0.194 e. The molecule has 0 aliphatic heterocycles. The van der Waals surface area contributed by atoms with Gasteiger partial charge >= 0.3 is 0 Å². The van der Waals surface area contributed by atoms with Crippen LogP contribution >= 0.6 is 0 Å². The summed E-state index contributed by atoms with van der Waals surface area (Å²) in [7, 11) is 0. The molecular formula is C14H10F5N. The lowest BCUT2D eigenvalue weighted by Gasteiger charge is -2.06. The largest absolute Gasteiger partial charge is 0.309 e. The van der Waals surface area contributed by atoms with Crippen LogP contribution in [0.3, 0.4) is 0 Å².